The molecular formula is C16H13Br2NO3. The molecule has 114 valence electrons. The normalized spacial score (nSPS) is 10.1. The summed E-state index contributed by atoms with van der Waals surface area (Å²) in [5.74, 6) is 0.255. The maximum atomic E-state index is 11.9. The van der Waals surface area contributed by atoms with Crippen LogP contribution in [0.2, 0.25) is 0 Å². The average Bonchev–Trinajstić information content (AvgIpc) is 2.48. The van der Waals surface area contributed by atoms with Gasteiger partial charge in [-0.05, 0) is 64.8 Å². The van der Waals surface area contributed by atoms with E-state index >= 15 is 0 Å². The van der Waals surface area contributed by atoms with Crippen LogP contribution < -0.4 is 10.1 Å². The van der Waals surface area contributed by atoms with Crippen molar-refractivity contribution < 1.29 is 14.3 Å². The molecule has 22 heavy (non-hydrogen) atoms. The molecule has 6 heteroatoms. The first kappa shape index (κ1) is 16.7. The highest BCUT2D eigenvalue weighted by Gasteiger charge is 2.08. The number of aryl methyl sites for hydroxylation is 1. The van der Waals surface area contributed by atoms with Crippen molar-refractivity contribution in [3.63, 3.8) is 0 Å². The summed E-state index contributed by atoms with van der Waals surface area (Å²) in [4.78, 5) is 22.6. The number of anilines is 1. The van der Waals surface area contributed by atoms with Crippen LogP contribution in [0.5, 0.6) is 5.75 Å². The SMILES string of the molecule is Cc1cc(Br)ccc1NC(=O)COc1ccc(C=O)cc1Br. The Morgan fingerprint density at radius 3 is 2.64 bits per heavy atom. The first-order valence-corrected chi connectivity index (χ1v) is 8.01. The summed E-state index contributed by atoms with van der Waals surface area (Å²) in [5, 5.41) is 2.79. The zero-order valence-electron chi connectivity index (χ0n) is 11.7. The molecule has 0 aliphatic carbocycles. The average molecular weight is 427 g/mol. The molecule has 0 unspecified atom stereocenters. The van der Waals surface area contributed by atoms with Crippen molar-refractivity contribution in [3.05, 3.63) is 56.5 Å². The summed E-state index contributed by atoms with van der Waals surface area (Å²) in [7, 11) is 0. The number of nitrogens with one attached hydrogen (secondary N) is 1. The lowest BCUT2D eigenvalue weighted by Gasteiger charge is -2.11. The van der Waals surface area contributed by atoms with Crippen LogP contribution in [0.3, 0.4) is 0 Å². The van der Waals surface area contributed by atoms with Crippen molar-refractivity contribution >= 4 is 49.7 Å². The number of amides is 1. The Bertz CT molecular complexity index is 717. The Balaban J connectivity index is 1.96. The van der Waals surface area contributed by atoms with Gasteiger partial charge in [0.15, 0.2) is 6.61 Å². The summed E-state index contributed by atoms with van der Waals surface area (Å²) >= 11 is 6.68. The second kappa shape index (κ2) is 7.56. The van der Waals surface area contributed by atoms with E-state index in [1.165, 1.54) is 0 Å². The first-order chi connectivity index (χ1) is 10.5. The van der Waals surface area contributed by atoms with Crippen LogP contribution >= 0.6 is 31.9 Å². The highest BCUT2D eigenvalue weighted by Crippen LogP contribution is 2.25. The van der Waals surface area contributed by atoms with Gasteiger partial charge in [0, 0.05) is 15.7 Å². The van der Waals surface area contributed by atoms with Crippen LogP contribution in [0.1, 0.15) is 15.9 Å². The lowest BCUT2D eigenvalue weighted by molar-refractivity contribution is -0.118. The number of ether oxygens (including phenoxy) is 1. The summed E-state index contributed by atoms with van der Waals surface area (Å²) in [5.41, 5.74) is 2.24. The molecule has 0 radical (unpaired) electrons. The van der Waals surface area contributed by atoms with E-state index in [4.69, 9.17) is 4.74 Å². The molecule has 2 aromatic carbocycles. The van der Waals surface area contributed by atoms with Crippen molar-refractivity contribution in [1.82, 2.24) is 0 Å². The zero-order chi connectivity index (χ0) is 16.1. The topological polar surface area (TPSA) is 55.4 Å². The lowest BCUT2D eigenvalue weighted by atomic mass is 10.2. The Hall–Kier alpha value is -1.66. The third-order valence-corrected chi connectivity index (χ3v) is 4.03. The van der Waals surface area contributed by atoms with Gasteiger partial charge >= 0.3 is 0 Å². The number of hydrogen-bond donors (Lipinski definition) is 1. The van der Waals surface area contributed by atoms with E-state index in [2.05, 4.69) is 37.2 Å². The highest BCUT2D eigenvalue weighted by molar-refractivity contribution is 9.10. The molecule has 0 heterocycles. The van der Waals surface area contributed by atoms with E-state index < -0.39 is 0 Å². The second-order valence-corrected chi connectivity index (χ2v) is 6.37. The fourth-order valence-electron chi connectivity index (χ4n) is 1.80. The van der Waals surface area contributed by atoms with Crippen molar-refractivity contribution in [3.8, 4) is 5.75 Å². The molecule has 4 nitrogen and oxygen atoms in total. The van der Waals surface area contributed by atoms with Crippen molar-refractivity contribution in [2.75, 3.05) is 11.9 Å². The van der Waals surface area contributed by atoms with Gasteiger partial charge in [-0.2, -0.15) is 0 Å². The molecule has 1 amide bonds. The van der Waals surface area contributed by atoms with E-state index in [1.54, 1.807) is 18.2 Å². The summed E-state index contributed by atoms with van der Waals surface area (Å²) < 4.78 is 7.04. The monoisotopic (exact) mass is 425 g/mol. The van der Waals surface area contributed by atoms with Gasteiger partial charge in [-0.15, -0.1) is 0 Å². The van der Waals surface area contributed by atoms with Crippen molar-refractivity contribution in [2.45, 2.75) is 6.92 Å². The Kier molecular flexibility index (Phi) is 5.74. The minimum Gasteiger partial charge on any atom is -0.483 e. The van der Waals surface area contributed by atoms with E-state index in [-0.39, 0.29) is 12.5 Å². The van der Waals surface area contributed by atoms with Crippen LogP contribution in [-0.4, -0.2) is 18.8 Å². The smallest absolute Gasteiger partial charge is 0.262 e. The molecule has 2 aromatic rings. The Morgan fingerprint density at radius 1 is 1.23 bits per heavy atom. The molecule has 0 atom stereocenters. The van der Waals surface area contributed by atoms with Gasteiger partial charge in [0.1, 0.15) is 12.0 Å². The second-order valence-electron chi connectivity index (χ2n) is 4.60. The molecular weight excluding hydrogens is 414 g/mol. The molecule has 0 aromatic heterocycles. The highest BCUT2D eigenvalue weighted by atomic mass is 79.9. The molecule has 0 aliphatic rings. The summed E-state index contributed by atoms with van der Waals surface area (Å²) in [6.07, 6.45) is 0.748. The van der Waals surface area contributed by atoms with Crippen LogP contribution in [0.25, 0.3) is 0 Å². The van der Waals surface area contributed by atoms with Gasteiger partial charge in [0.2, 0.25) is 0 Å². The predicted octanol–water partition coefficient (Wildman–Crippen LogP) is 4.35. The number of halogens is 2. The third kappa shape index (κ3) is 4.42. The largest absolute Gasteiger partial charge is 0.483 e. The number of benzene rings is 2. The van der Waals surface area contributed by atoms with Crippen LogP contribution in [0, 0.1) is 6.92 Å². The first-order valence-electron chi connectivity index (χ1n) is 6.43. The maximum absolute atomic E-state index is 11.9. The fourth-order valence-corrected chi connectivity index (χ4v) is 2.79. The minimum atomic E-state index is -0.253. The molecule has 0 aliphatic heterocycles. The van der Waals surface area contributed by atoms with Gasteiger partial charge in [-0.3, -0.25) is 9.59 Å². The van der Waals surface area contributed by atoms with Crippen molar-refractivity contribution in [2.24, 2.45) is 0 Å². The third-order valence-electron chi connectivity index (χ3n) is 2.91. The quantitative estimate of drug-likeness (QED) is 0.723. The maximum Gasteiger partial charge on any atom is 0.262 e. The van der Waals surface area contributed by atoms with Crippen molar-refractivity contribution in [1.29, 1.82) is 0 Å². The Morgan fingerprint density at radius 2 is 2.00 bits per heavy atom. The molecule has 0 fully saturated rings. The van der Waals surface area contributed by atoms with Crippen LogP contribution in [0.15, 0.2) is 45.3 Å². The number of rotatable bonds is 5. The molecule has 0 bridgehead atoms. The predicted molar refractivity (Wildman–Crippen MR) is 92.5 cm³/mol. The van der Waals surface area contributed by atoms with Gasteiger partial charge in [-0.25, -0.2) is 0 Å². The molecule has 2 rings (SSSR count). The number of carbonyl (C=O) groups excluding carboxylic acids is 2. The number of carbonyl (C=O) groups is 2. The fraction of sp³-hybridized carbons (Fsp3) is 0.125. The van der Waals surface area contributed by atoms with E-state index in [9.17, 15) is 9.59 Å². The molecule has 1 N–H and O–H groups in total. The van der Waals surface area contributed by atoms with Crippen LogP contribution in [-0.2, 0) is 4.79 Å². The van der Waals surface area contributed by atoms with Gasteiger partial charge < -0.3 is 10.1 Å². The molecule has 0 saturated heterocycles. The number of hydrogen-bond acceptors (Lipinski definition) is 3. The standard InChI is InChI=1S/C16H13Br2NO3/c1-10-6-12(17)3-4-14(10)19-16(21)9-22-15-5-2-11(8-20)7-13(15)18/h2-8H,9H2,1H3,(H,19,21). The Labute approximate surface area is 145 Å². The molecule has 0 spiro atoms. The van der Waals surface area contributed by atoms with Gasteiger partial charge in [0.25, 0.3) is 5.91 Å². The number of aldehydes is 1. The van der Waals surface area contributed by atoms with Crippen LogP contribution in [0.4, 0.5) is 5.69 Å². The van der Waals surface area contributed by atoms with Gasteiger partial charge in [-0.1, -0.05) is 15.9 Å². The summed E-state index contributed by atoms with van der Waals surface area (Å²) in [6.45, 7) is 1.80. The molecule has 0 saturated carbocycles. The van der Waals surface area contributed by atoms with E-state index in [1.807, 2.05) is 25.1 Å². The minimum absolute atomic E-state index is 0.117. The van der Waals surface area contributed by atoms with E-state index in [0.717, 1.165) is 22.0 Å². The zero-order valence-corrected chi connectivity index (χ0v) is 14.9. The van der Waals surface area contributed by atoms with E-state index in [0.29, 0.717) is 15.8 Å². The summed E-state index contributed by atoms with van der Waals surface area (Å²) in [6, 6.07) is 10.5. The van der Waals surface area contributed by atoms with Gasteiger partial charge in [0.05, 0.1) is 4.47 Å². The lowest BCUT2D eigenvalue weighted by Crippen LogP contribution is -2.20.